The minimum Gasteiger partial charge on any atom is -0.354 e. The number of para-hydroxylation sites is 1. The first kappa shape index (κ1) is 30.8. The van der Waals surface area contributed by atoms with Crippen LogP contribution in [0.15, 0.2) is 128 Å². The number of aromatic nitrogens is 4. The van der Waals surface area contributed by atoms with E-state index in [1.807, 2.05) is 12.3 Å². The van der Waals surface area contributed by atoms with E-state index < -0.39 is 0 Å². The van der Waals surface area contributed by atoms with Crippen LogP contribution >= 0.6 is 0 Å². The maximum absolute atomic E-state index is 5.63. The summed E-state index contributed by atoms with van der Waals surface area (Å²) < 4.78 is 2.29. The molecule has 1 N–H and O–H groups in total. The van der Waals surface area contributed by atoms with Crippen molar-refractivity contribution in [1.29, 1.82) is 0 Å². The standard InChI is InChI=1S/C48H40N4/c1-47(2,3)28-17-21-41-37(24-28)38-25-29(48(4,5)6)26-40(45(38)50-41)42-22-20-35-32-13-8-7-12-31(32)33-19-18-30(27-39(33)44(35)51-42)52-43-16-10-9-14-34(43)36-15-11-23-49-46(36)52/h7-27,50H,1-6H3. The molecular formula is C48H40N4. The molecule has 10 rings (SSSR count). The van der Waals surface area contributed by atoms with E-state index in [0.29, 0.717) is 0 Å². The molecule has 52 heavy (non-hydrogen) atoms. The van der Waals surface area contributed by atoms with Crippen molar-refractivity contribution in [1.82, 2.24) is 19.5 Å². The number of aromatic amines is 1. The molecule has 4 heteroatoms. The Balaban J connectivity index is 1.29. The van der Waals surface area contributed by atoms with Crippen molar-refractivity contribution in [3.8, 4) is 16.9 Å². The number of benzene rings is 6. The van der Waals surface area contributed by atoms with Crippen molar-refractivity contribution in [3.63, 3.8) is 0 Å². The Morgan fingerprint density at radius 3 is 1.98 bits per heavy atom. The summed E-state index contributed by atoms with van der Waals surface area (Å²) in [6.45, 7) is 13.7. The fraction of sp³-hybridized carbons (Fsp3) is 0.167. The lowest BCUT2D eigenvalue weighted by atomic mass is 9.83. The summed E-state index contributed by atoms with van der Waals surface area (Å²) in [6, 6.07) is 44.5. The average molecular weight is 673 g/mol. The van der Waals surface area contributed by atoms with E-state index in [2.05, 4.69) is 166 Å². The van der Waals surface area contributed by atoms with Crippen molar-refractivity contribution in [2.24, 2.45) is 0 Å². The molecule has 0 aliphatic heterocycles. The van der Waals surface area contributed by atoms with E-state index in [9.17, 15) is 0 Å². The summed E-state index contributed by atoms with van der Waals surface area (Å²) in [4.78, 5) is 14.3. The Morgan fingerprint density at radius 1 is 0.519 bits per heavy atom. The van der Waals surface area contributed by atoms with Gasteiger partial charge in [-0.1, -0.05) is 96.1 Å². The van der Waals surface area contributed by atoms with Crippen molar-refractivity contribution < 1.29 is 0 Å². The Labute approximate surface area is 302 Å². The zero-order valence-corrected chi connectivity index (χ0v) is 30.5. The predicted octanol–water partition coefficient (Wildman–Crippen LogP) is 12.9. The molecule has 0 amide bonds. The second kappa shape index (κ2) is 10.8. The SMILES string of the molecule is CC(C)(C)c1ccc2[nH]c3c(-c4ccc5c6ccccc6c6ccc(-n7c8ccccc8c8cccnc87)cc6c5n4)cc(C(C)(C)C)cc3c2c1. The van der Waals surface area contributed by atoms with Gasteiger partial charge in [-0.3, -0.25) is 4.57 Å². The van der Waals surface area contributed by atoms with Gasteiger partial charge in [0.1, 0.15) is 5.65 Å². The molecule has 10 aromatic rings. The largest absolute Gasteiger partial charge is 0.354 e. The average Bonchev–Trinajstić information content (AvgIpc) is 3.69. The van der Waals surface area contributed by atoms with Crippen LogP contribution in [-0.4, -0.2) is 19.5 Å². The van der Waals surface area contributed by atoms with Gasteiger partial charge in [-0.25, -0.2) is 9.97 Å². The topological polar surface area (TPSA) is 46.5 Å². The number of hydrogen-bond donors (Lipinski definition) is 1. The van der Waals surface area contributed by atoms with E-state index in [4.69, 9.17) is 9.97 Å². The second-order valence-electron chi connectivity index (χ2n) is 16.4. The Kier molecular flexibility index (Phi) is 6.37. The summed E-state index contributed by atoms with van der Waals surface area (Å²) in [5.74, 6) is 0. The molecule has 0 spiro atoms. The molecule has 0 fully saturated rings. The molecule has 6 aromatic carbocycles. The first-order valence-electron chi connectivity index (χ1n) is 18.3. The first-order valence-corrected chi connectivity index (χ1v) is 18.3. The number of rotatable bonds is 2. The van der Waals surface area contributed by atoms with Crippen LogP contribution in [0.2, 0.25) is 0 Å². The predicted molar refractivity (Wildman–Crippen MR) is 221 cm³/mol. The second-order valence-corrected chi connectivity index (χ2v) is 16.4. The first-order chi connectivity index (χ1) is 25.0. The Bertz CT molecular complexity index is 3040. The highest BCUT2D eigenvalue weighted by molar-refractivity contribution is 6.25. The lowest BCUT2D eigenvalue weighted by Gasteiger charge is -2.21. The van der Waals surface area contributed by atoms with Gasteiger partial charge in [0.15, 0.2) is 0 Å². The lowest BCUT2D eigenvalue weighted by molar-refractivity contribution is 0.590. The minimum atomic E-state index is -0.0425. The molecule has 0 aliphatic rings. The number of hydrogen-bond acceptors (Lipinski definition) is 2. The van der Waals surface area contributed by atoms with Gasteiger partial charge in [0.2, 0.25) is 0 Å². The highest BCUT2D eigenvalue weighted by Crippen LogP contribution is 2.42. The Hall–Kier alpha value is -6.00. The smallest absolute Gasteiger partial charge is 0.145 e. The molecular weight excluding hydrogens is 633 g/mol. The van der Waals surface area contributed by atoms with Crippen LogP contribution in [0.3, 0.4) is 0 Å². The van der Waals surface area contributed by atoms with Gasteiger partial charge in [-0.2, -0.15) is 0 Å². The zero-order chi connectivity index (χ0) is 35.5. The van der Waals surface area contributed by atoms with E-state index in [1.165, 1.54) is 43.4 Å². The number of nitrogens with one attached hydrogen (secondary N) is 1. The number of nitrogens with zero attached hydrogens (tertiary/aromatic N) is 3. The summed E-state index contributed by atoms with van der Waals surface area (Å²) in [7, 11) is 0. The highest BCUT2D eigenvalue weighted by Gasteiger charge is 2.22. The maximum atomic E-state index is 5.63. The molecule has 4 nitrogen and oxygen atoms in total. The zero-order valence-electron chi connectivity index (χ0n) is 30.5. The van der Waals surface area contributed by atoms with Crippen LogP contribution in [-0.2, 0) is 10.8 Å². The fourth-order valence-electron chi connectivity index (χ4n) is 8.25. The molecule has 252 valence electrons. The van der Waals surface area contributed by atoms with Crippen molar-refractivity contribution in [2.75, 3.05) is 0 Å². The van der Waals surface area contributed by atoms with Crippen LogP contribution in [0.4, 0.5) is 0 Å². The normalized spacial score (nSPS) is 12.8. The monoisotopic (exact) mass is 672 g/mol. The lowest BCUT2D eigenvalue weighted by Crippen LogP contribution is -2.11. The van der Waals surface area contributed by atoms with E-state index in [1.54, 1.807) is 0 Å². The summed E-state index contributed by atoms with van der Waals surface area (Å²) >= 11 is 0. The summed E-state index contributed by atoms with van der Waals surface area (Å²) in [5.41, 5.74) is 11.2. The molecule has 0 radical (unpaired) electrons. The van der Waals surface area contributed by atoms with E-state index in [0.717, 1.165) is 60.8 Å². The van der Waals surface area contributed by atoms with Crippen LogP contribution in [0.25, 0.3) is 93.1 Å². The van der Waals surface area contributed by atoms with Gasteiger partial charge in [0.05, 0.1) is 22.2 Å². The van der Waals surface area contributed by atoms with Crippen LogP contribution < -0.4 is 0 Å². The van der Waals surface area contributed by atoms with Crippen molar-refractivity contribution >= 4 is 76.2 Å². The van der Waals surface area contributed by atoms with Crippen LogP contribution in [0, 0.1) is 0 Å². The fourth-order valence-corrected chi connectivity index (χ4v) is 8.25. The van der Waals surface area contributed by atoms with Gasteiger partial charge >= 0.3 is 0 Å². The number of pyridine rings is 2. The van der Waals surface area contributed by atoms with E-state index >= 15 is 0 Å². The minimum absolute atomic E-state index is 0.0425. The van der Waals surface area contributed by atoms with Crippen LogP contribution in [0.1, 0.15) is 52.7 Å². The van der Waals surface area contributed by atoms with Gasteiger partial charge in [-0.15, -0.1) is 0 Å². The molecule has 0 atom stereocenters. The van der Waals surface area contributed by atoms with Gasteiger partial charge < -0.3 is 4.98 Å². The third kappa shape index (κ3) is 4.53. The third-order valence-corrected chi connectivity index (χ3v) is 11.1. The van der Waals surface area contributed by atoms with Crippen molar-refractivity contribution in [3.05, 3.63) is 139 Å². The molecule has 0 saturated carbocycles. The summed E-state index contributed by atoms with van der Waals surface area (Å²) in [6.07, 6.45) is 1.88. The molecule has 4 heterocycles. The molecule has 4 aromatic heterocycles. The molecule has 0 unspecified atom stereocenters. The highest BCUT2D eigenvalue weighted by atomic mass is 15.0. The Morgan fingerprint density at radius 2 is 1.19 bits per heavy atom. The maximum Gasteiger partial charge on any atom is 0.145 e. The van der Waals surface area contributed by atoms with Gasteiger partial charge in [-0.05, 0) is 105 Å². The van der Waals surface area contributed by atoms with Gasteiger partial charge in [0.25, 0.3) is 0 Å². The molecule has 0 bridgehead atoms. The molecule has 0 aliphatic carbocycles. The van der Waals surface area contributed by atoms with Gasteiger partial charge in [0, 0.05) is 55.3 Å². The molecule has 0 saturated heterocycles. The van der Waals surface area contributed by atoms with Crippen molar-refractivity contribution in [2.45, 2.75) is 52.4 Å². The third-order valence-electron chi connectivity index (χ3n) is 11.1. The number of H-pyrrole nitrogens is 1. The quantitative estimate of drug-likeness (QED) is 0.186. The van der Waals surface area contributed by atoms with E-state index in [-0.39, 0.29) is 10.8 Å². The summed E-state index contributed by atoms with van der Waals surface area (Å²) in [5, 5.41) is 10.8. The van der Waals surface area contributed by atoms with Crippen LogP contribution in [0.5, 0.6) is 0 Å². The number of fused-ring (bicyclic) bond motifs is 12.